The van der Waals surface area contributed by atoms with Gasteiger partial charge in [0.2, 0.25) is 5.91 Å². The number of aliphatic hydroxyl groups excluding tert-OH is 1. The van der Waals surface area contributed by atoms with Gasteiger partial charge in [-0.15, -0.1) is 0 Å². The highest BCUT2D eigenvalue weighted by atomic mass is 16.6. The Labute approximate surface area is 231 Å². The van der Waals surface area contributed by atoms with E-state index >= 15 is 0 Å². The van der Waals surface area contributed by atoms with Crippen LogP contribution < -0.4 is 10.6 Å². The van der Waals surface area contributed by atoms with Gasteiger partial charge in [0.1, 0.15) is 23.4 Å². The number of para-hydroxylation sites is 2. The lowest BCUT2D eigenvalue weighted by Crippen LogP contribution is -2.59. The van der Waals surface area contributed by atoms with E-state index in [0.29, 0.717) is 17.7 Å². The predicted octanol–water partition coefficient (Wildman–Crippen LogP) is 4.90. The van der Waals surface area contributed by atoms with Crippen LogP contribution in [0.3, 0.4) is 0 Å². The average Bonchev–Trinajstić information content (AvgIpc) is 2.83. The van der Waals surface area contributed by atoms with E-state index in [1.807, 2.05) is 39.0 Å². The molecule has 2 aromatic carbocycles. The van der Waals surface area contributed by atoms with Gasteiger partial charge >= 0.3 is 6.09 Å². The van der Waals surface area contributed by atoms with Gasteiger partial charge in [-0.2, -0.15) is 0 Å². The molecule has 0 saturated heterocycles. The van der Waals surface area contributed by atoms with Crippen LogP contribution in [-0.2, 0) is 14.3 Å². The van der Waals surface area contributed by atoms with Crippen LogP contribution in [0, 0.1) is 20.8 Å². The molecule has 2 atom stereocenters. The summed E-state index contributed by atoms with van der Waals surface area (Å²) in [5.74, 6) is -1.36. The number of nitrogens with one attached hydrogen (secondary N) is 2. The van der Waals surface area contributed by atoms with E-state index in [4.69, 9.17) is 4.74 Å². The number of aromatic hydroxyl groups is 1. The Bertz CT molecular complexity index is 1180. The van der Waals surface area contributed by atoms with E-state index in [-0.39, 0.29) is 11.3 Å². The smallest absolute Gasteiger partial charge is 0.408 e. The normalized spacial score (nSPS) is 13.3. The van der Waals surface area contributed by atoms with Crippen LogP contribution in [-0.4, -0.2) is 56.8 Å². The van der Waals surface area contributed by atoms with Crippen molar-refractivity contribution < 1.29 is 29.3 Å². The number of amides is 3. The van der Waals surface area contributed by atoms with E-state index < -0.39 is 47.7 Å². The van der Waals surface area contributed by atoms with Gasteiger partial charge in [0.15, 0.2) is 0 Å². The number of aryl methyl sites for hydroxylation is 3. The second-order valence-electron chi connectivity index (χ2n) is 11.4. The zero-order valence-corrected chi connectivity index (χ0v) is 24.5. The summed E-state index contributed by atoms with van der Waals surface area (Å²) in [5, 5.41) is 26.6. The van der Waals surface area contributed by atoms with Gasteiger partial charge in [0.05, 0.1) is 6.61 Å². The minimum absolute atomic E-state index is 0.121. The first-order valence-electron chi connectivity index (χ1n) is 13.1. The Hall–Kier alpha value is -3.59. The Morgan fingerprint density at radius 2 is 1.49 bits per heavy atom. The largest absolute Gasteiger partial charge is 0.507 e. The summed E-state index contributed by atoms with van der Waals surface area (Å²) in [6.45, 7) is 15.2. The van der Waals surface area contributed by atoms with Crippen LogP contribution in [0.4, 0.5) is 10.5 Å². The van der Waals surface area contributed by atoms with Crippen molar-refractivity contribution >= 4 is 23.6 Å². The van der Waals surface area contributed by atoms with Gasteiger partial charge in [0, 0.05) is 16.8 Å². The first-order chi connectivity index (χ1) is 18.0. The van der Waals surface area contributed by atoms with E-state index in [1.54, 1.807) is 59.7 Å². The van der Waals surface area contributed by atoms with Gasteiger partial charge in [-0.1, -0.05) is 43.3 Å². The van der Waals surface area contributed by atoms with Crippen molar-refractivity contribution in [2.75, 3.05) is 11.9 Å². The third-order valence-corrected chi connectivity index (χ3v) is 6.73. The fourth-order valence-electron chi connectivity index (χ4n) is 4.25. The van der Waals surface area contributed by atoms with Gasteiger partial charge in [0.25, 0.3) is 5.91 Å². The van der Waals surface area contributed by atoms with Crippen molar-refractivity contribution in [1.29, 1.82) is 0 Å². The summed E-state index contributed by atoms with van der Waals surface area (Å²) >= 11 is 0. The van der Waals surface area contributed by atoms with E-state index in [9.17, 15) is 24.6 Å². The number of alkyl carbamates (subject to hydrolysis) is 1. The predicted molar refractivity (Wildman–Crippen MR) is 152 cm³/mol. The molecule has 0 aliphatic heterocycles. The molecule has 0 radical (unpaired) electrons. The van der Waals surface area contributed by atoms with E-state index in [0.717, 1.165) is 11.1 Å². The number of carbonyl (C=O) groups is 3. The summed E-state index contributed by atoms with van der Waals surface area (Å²) in [4.78, 5) is 42.1. The van der Waals surface area contributed by atoms with Crippen molar-refractivity contribution in [2.24, 2.45) is 0 Å². The fraction of sp³-hybridized carbons (Fsp3) is 0.500. The SMILES string of the molecule is CCC(C)(C)N(C(=O)C(CO)NC(=O)OC(C)(C)C)C(C(=O)Nc1c(C)cccc1C)c1cccc(C)c1O. The molecule has 9 heteroatoms. The molecule has 0 bridgehead atoms. The van der Waals surface area contributed by atoms with E-state index in [1.165, 1.54) is 4.90 Å². The maximum Gasteiger partial charge on any atom is 0.408 e. The molecule has 0 aliphatic carbocycles. The maximum absolute atomic E-state index is 14.1. The molecule has 2 rings (SSSR count). The number of carbonyl (C=O) groups excluding carboxylic acids is 3. The molecule has 0 fully saturated rings. The lowest BCUT2D eigenvalue weighted by molar-refractivity contribution is -0.148. The molecule has 39 heavy (non-hydrogen) atoms. The number of ether oxygens (including phenoxy) is 1. The number of nitrogens with zero attached hydrogens (tertiary/aromatic N) is 1. The van der Waals surface area contributed by atoms with Gasteiger partial charge in [-0.05, 0) is 78.5 Å². The zero-order valence-electron chi connectivity index (χ0n) is 24.5. The molecule has 214 valence electrons. The van der Waals surface area contributed by atoms with Crippen molar-refractivity contribution in [2.45, 2.75) is 92.0 Å². The Morgan fingerprint density at radius 1 is 0.949 bits per heavy atom. The standard InChI is InChI=1S/C30H43N3O6/c1-10-30(8,9)33(27(37)22(17-34)31-28(38)39-29(5,6)7)24(21-16-12-15-20(4)25(21)35)26(36)32-23-18(2)13-11-14-19(23)3/h11-16,22,24,34-35H,10,17H2,1-9H3,(H,31,38)(H,32,36). The Kier molecular flexibility index (Phi) is 10.1. The zero-order chi connectivity index (χ0) is 29.7. The van der Waals surface area contributed by atoms with Crippen molar-refractivity contribution in [1.82, 2.24) is 10.2 Å². The molecule has 0 spiro atoms. The number of hydrogen-bond donors (Lipinski definition) is 4. The van der Waals surface area contributed by atoms with Gasteiger partial charge < -0.3 is 30.5 Å². The molecule has 0 saturated carbocycles. The second-order valence-corrected chi connectivity index (χ2v) is 11.4. The van der Waals surface area contributed by atoms with Crippen LogP contribution in [0.5, 0.6) is 5.75 Å². The highest BCUT2D eigenvalue weighted by Gasteiger charge is 2.44. The lowest BCUT2D eigenvalue weighted by atomic mass is 9.91. The second kappa shape index (κ2) is 12.5. The van der Waals surface area contributed by atoms with E-state index in [2.05, 4.69) is 10.6 Å². The molecular weight excluding hydrogens is 498 g/mol. The van der Waals surface area contributed by atoms with Crippen molar-refractivity contribution in [3.8, 4) is 5.75 Å². The van der Waals surface area contributed by atoms with Crippen LogP contribution in [0.15, 0.2) is 36.4 Å². The number of hydrogen-bond acceptors (Lipinski definition) is 6. The maximum atomic E-state index is 14.1. The summed E-state index contributed by atoms with van der Waals surface area (Å²) in [7, 11) is 0. The topological polar surface area (TPSA) is 128 Å². The monoisotopic (exact) mass is 541 g/mol. The van der Waals surface area contributed by atoms with Crippen LogP contribution in [0.25, 0.3) is 0 Å². The van der Waals surface area contributed by atoms with Crippen LogP contribution in [0.1, 0.15) is 76.3 Å². The number of phenols is 1. The highest BCUT2D eigenvalue weighted by Crippen LogP contribution is 2.38. The molecule has 3 amide bonds. The number of aliphatic hydroxyl groups is 1. The number of phenolic OH excluding ortho intramolecular Hbond substituents is 1. The molecular formula is C30H43N3O6. The summed E-state index contributed by atoms with van der Waals surface area (Å²) in [6, 6.07) is 7.94. The number of anilines is 1. The number of benzene rings is 2. The molecule has 9 nitrogen and oxygen atoms in total. The first kappa shape index (κ1) is 31.6. The summed E-state index contributed by atoms with van der Waals surface area (Å²) in [5.41, 5.74) is 1.28. The molecule has 0 aliphatic rings. The van der Waals surface area contributed by atoms with Crippen molar-refractivity contribution in [3.05, 3.63) is 58.7 Å². The molecule has 2 aromatic rings. The third kappa shape index (κ3) is 7.72. The van der Waals surface area contributed by atoms with Crippen molar-refractivity contribution in [3.63, 3.8) is 0 Å². The van der Waals surface area contributed by atoms with Crippen LogP contribution >= 0.6 is 0 Å². The fourth-order valence-corrected chi connectivity index (χ4v) is 4.25. The molecule has 0 heterocycles. The Morgan fingerprint density at radius 3 is 2.00 bits per heavy atom. The minimum atomic E-state index is -1.40. The molecule has 2 unspecified atom stereocenters. The average molecular weight is 542 g/mol. The summed E-state index contributed by atoms with van der Waals surface area (Å²) < 4.78 is 5.29. The minimum Gasteiger partial charge on any atom is -0.507 e. The highest BCUT2D eigenvalue weighted by molar-refractivity contribution is 6.00. The van der Waals surface area contributed by atoms with Gasteiger partial charge in [-0.3, -0.25) is 9.59 Å². The third-order valence-electron chi connectivity index (χ3n) is 6.73. The lowest BCUT2D eigenvalue weighted by Gasteiger charge is -2.44. The molecule has 0 aromatic heterocycles. The number of rotatable bonds is 9. The molecule has 4 N–H and O–H groups in total. The summed E-state index contributed by atoms with van der Waals surface area (Å²) in [6.07, 6.45) is -0.442. The van der Waals surface area contributed by atoms with Crippen LogP contribution in [0.2, 0.25) is 0 Å². The van der Waals surface area contributed by atoms with Gasteiger partial charge in [-0.25, -0.2) is 4.79 Å². The quantitative estimate of drug-likeness (QED) is 0.358. The Balaban J connectivity index is 2.69. The first-order valence-corrected chi connectivity index (χ1v) is 13.1.